The number of carbonyl (C=O) groups is 1. The predicted molar refractivity (Wildman–Crippen MR) is 57.7 cm³/mol. The Morgan fingerprint density at radius 3 is 3.19 bits per heavy atom. The summed E-state index contributed by atoms with van der Waals surface area (Å²) in [5.41, 5.74) is 9.03. The van der Waals surface area contributed by atoms with Crippen molar-refractivity contribution in [2.75, 3.05) is 18.0 Å². The summed E-state index contributed by atoms with van der Waals surface area (Å²) in [4.78, 5) is 16.1. The summed E-state index contributed by atoms with van der Waals surface area (Å²) >= 11 is 0. The molecule has 16 heavy (non-hydrogen) atoms. The molecule has 1 saturated heterocycles. The first-order chi connectivity index (χ1) is 7.70. The summed E-state index contributed by atoms with van der Waals surface area (Å²) in [5.74, 6) is 0.176. The van der Waals surface area contributed by atoms with Crippen LogP contribution in [0.3, 0.4) is 0 Å². The van der Waals surface area contributed by atoms with E-state index in [0.29, 0.717) is 19.5 Å². The highest BCUT2D eigenvalue weighted by molar-refractivity contribution is 5.95. The number of aryl methyl sites for hydroxylation is 1. The van der Waals surface area contributed by atoms with Gasteiger partial charge in [0.25, 0.3) is 0 Å². The molecule has 1 atom stereocenters. The largest absolute Gasteiger partial charge is 0.309 e. The van der Waals surface area contributed by atoms with Crippen LogP contribution in [0.2, 0.25) is 0 Å². The van der Waals surface area contributed by atoms with Crippen molar-refractivity contribution < 1.29 is 4.79 Å². The number of azide groups is 1. The second kappa shape index (κ2) is 4.24. The van der Waals surface area contributed by atoms with Crippen molar-refractivity contribution in [2.45, 2.75) is 6.42 Å². The smallest absolute Gasteiger partial charge is 0.227 e. The molecule has 2 rings (SSSR count). The van der Waals surface area contributed by atoms with Crippen molar-refractivity contribution in [1.29, 1.82) is 0 Å². The van der Waals surface area contributed by atoms with E-state index < -0.39 is 0 Å². The van der Waals surface area contributed by atoms with Gasteiger partial charge in [0.2, 0.25) is 5.91 Å². The van der Waals surface area contributed by atoms with E-state index in [-0.39, 0.29) is 11.8 Å². The third-order valence-electron chi connectivity index (χ3n) is 2.61. The molecule has 7 nitrogen and oxygen atoms in total. The highest BCUT2D eigenvalue weighted by atomic mass is 16.2. The lowest BCUT2D eigenvalue weighted by molar-refractivity contribution is -0.117. The Morgan fingerprint density at radius 1 is 1.75 bits per heavy atom. The normalized spacial score (nSPS) is 19.9. The van der Waals surface area contributed by atoms with E-state index in [1.54, 1.807) is 22.0 Å². The van der Waals surface area contributed by atoms with Gasteiger partial charge < -0.3 is 4.90 Å². The first-order valence-electron chi connectivity index (χ1n) is 5.00. The number of nitrogens with zero attached hydrogens (tertiary/aromatic N) is 6. The number of hydrogen-bond acceptors (Lipinski definition) is 3. The number of amides is 1. The van der Waals surface area contributed by atoms with Crippen LogP contribution in [0.4, 0.5) is 5.69 Å². The number of carbonyl (C=O) groups excluding carboxylic acids is 1. The zero-order chi connectivity index (χ0) is 11.5. The van der Waals surface area contributed by atoms with Gasteiger partial charge in [0.15, 0.2) is 0 Å². The Morgan fingerprint density at radius 2 is 2.56 bits per heavy atom. The van der Waals surface area contributed by atoms with Crippen molar-refractivity contribution in [3.63, 3.8) is 0 Å². The Kier molecular flexibility index (Phi) is 2.78. The van der Waals surface area contributed by atoms with Gasteiger partial charge in [-0.15, -0.1) is 0 Å². The average Bonchev–Trinajstić information content (AvgIpc) is 2.82. The van der Waals surface area contributed by atoms with E-state index in [4.69, 9.17) is 5.53 Å². The SMILES string of the molecule is Cn1cc(N2CC(CN=[N+]=[N-])CC2=O)cn1. The molecule has 2 heterocycles. The second-order valence-electron chi connectivity index (χ2n) is 3.86. The van der Waals surface area contributed by atoms with Crippen molar-refractivity contribution in [3.8, 4) is 0 Å². The molecule has 1 aromatic rings. The first-order valence-corrected chi connectivity index (χ1v) is 5.00. The van der Waals surface area contributed by atoms with Crippen LogP contribution >= 0.6 is 0 Å². The molecule has 1 aliphatic rings. The van der Waals surface area contributed by atoms with E-state index in [1.165, 1.54) is 0 Å². The maximum absolute atomic E-state index is 11.7. The van der Waals surface area contributed by atoms with E-state index in [2.05, 4.69) is 15.1 Å². The lowest BCUT2D eigenvalue weighted by Gasteiger charge is -2.13. The second-order valence-corrected chi connectivity index (χ2v) is 3.86. The molecule has 1 unspecified atom stereocenters. The molecule has 0 aliphatic carbocycles. The molecule has 1 aromatic heterocycles. The minimum Gasteiger partial charge on any atom is -0.309 e. The third kappa shape index (κ3) is 1.99. The highest BCUT2D eigenvalue weighted by Crippen LogP contribution is 2.24. The topological polar surface area (TPSA) is 86.9 Å². The molecule has 0 N–H and O–H groups in total. The average molecular weight is 220 g/mol. The van der Waals surface area contributed by atoms with Crippen molar-refractivity contribution in [3.05, 3.63) is 22.8 Å². The minimum absolute atomic E-state index is 0.0612. The lowest BCUT2D eigenvalue weighted by Crippen LogP contribution is -2.24. The Hall–Kier alpha value is -2.01. The van der Waals surface area contributed by atoms with Gasteiger partial charge in [-0.05, 0) is 11.4 Å². The molecule has 0 saturated carbocycles. The van der Waals surface area contributed by atoms with Crippen molar-refractivity contribution in [2.24, 2.45) is 18.1 Å². The summed E-state index contributed by atoms with van der Waals surface area (Å²) in [6.45, 7) is 0.975. The Bertz CT molecular complexity index is 447. The monoisotopic (exact) mass is 220 g/mol. The minimum atomic E-state index is 0.0612. The van der Waals surface area contributed by atoms with Gasteiger partial charge in [-0.2, -0.15) is 5.10 Å². The van der Waals surface area contributed by atoms with Gasteiger partial charge in [-0.1, -0.05) is 5.11 Å². The van der Waals surface area contributed by atoms with E-state index >= 15 is 0 Å². The molecule has 0 aromatic carbocycles. The fraction of sp³-hybridized carbons (Fsp3) is 0.556. The van der Waals surface area contributed by atoms with Gasteiger partial charge in [-0.25, -0.2) is 0 Å². The van der Waals surface area contributed by atoms with Crippen LogP contribution in [0.5, 0.6) is 0 Å². The quantitative estimate of drug-likeness (QED) is 0.433. The van der Waals surface area contributed by atoms with Crippen LogP contribution in [0.15, 0.2) is 17.5 Å². The first kappa shape index (κ1) is 10.5. The number of aromatic nitrogens is 2. The lowest BCUT2D eigenvalue weighted by atomic mass is 10.1. The van der Waals surface area contributed by atoms with E-state index in [0.717, 1.165) is 5.69 Å². The standard InChI is InChI=1S/C9H12N6O/c1-14-6-8(4-12-14)15-5-7(2-9(15)16)3-11-13-10/h4,6-7H,2-3,5H2,1H3. The van der Waals surface area contributed by atoms with E-state index in [1.807, 2.05) is 7.05 Å². The van der Waals surface area contributed by atoms with Crippen molar-refractivity contribution in [1.82, 2.24) is 9.78 Å². The predicted octanol–water partition coefficient (Wildman–Crippen LogP) is 1.08. The summed E-state index contributed by atoms with van der Waals surface area (Å²) < 4.78 is 1.66. The van der Waals surface area contributed by atoms with Gasteiger partial charge in [0.05, 0.1) is 11.9 Å². The van der Waals surface area contributed by atoms with Gasteiger partial charge in [0, 0.05) is 37.7 Å². The van der Waals surface area contributed by atoms with Crippen LogP contribution in [0.1, 0.15) is 6.42 Å². The van der Waals surface area contributed by atoms with Gasteiger partial charge >= 0.3 is 0 Å². The zero-order valence-electron chi connectivity index (χ0n) is 8.94. The molecule has 7 heteroatoms. The molecular weight excluding hydrogens is 208 g/mol. The highest BCUT2D eigenvalue weighted by Gasteiger charge is 2.30. The van der Waals surface area contributed by atoms with Gasteiger partial charge in [-0.3, -0.25) is 9.48 Å². The van der Waals surface area contributed by atoms with Crippen molar-refractivity contribution >= 4 is 11.6 Å². The van der Waals surface area contributed by atoms with Crippen LogP contribution in [0.25, 0.3) is 10.4 Å². The van der Waals surface area contributed by atoms with E-state index in [9.17, 15) is 4.79 Å². The third-order valence-corrected chi connectivity index (χ3v) is 2.61. The number of rotatable bonds is 3. The maximum atomic E-state index is 11.7. The van der Waals surface area contributed by atoms with Crippen LogP contribution in [-0.2, 0) is 11.8 Å². The number of anilines is 1. The van der Waals surface area contributed by atoms with Crippen LogP contribution in [-0.4, -0.2) is 28.8 Å². The summed E-state index contributed by atoms with van der Waals surface area (Å²) in [7, 11) is 1.81. The van der Waals surface area contributed by atoms with Crippen LogP contribution < -0.4 is 4.90 Å². The molecule has 84 valence electrons. The summed E-state index contributed by atoms with van der Waals surface area (Å²) in [5, 5.41) is 7.53. The molecule has 0 spiro atoms. The summed E-state index contributed by atoms with van der Waals surface area (Å²) in [6, 6.07) is 0. The number of hydrogen-bond donors (Lipinski definition) is 0. The summed E-state index contributed by atoms with van der Waals surface area (Å²) in [6.07, 6.45) is 3.90. The molecule has 0 bridgehead atoms. The fourth-order valence-corrected chi connectivity index (χ4v) is 1.85. The Labute approximate surface area is 92.3 Å². The fourth-order valence-electron chi connectivity index (χ4n) is 1.85. The maximum Gasteiger partial charge on any atom is 0.227 e. The molecule has 0 radical (unpaired) electrons. The van der Waals surface area contributed by atoms with Gasteiger partial charge in [0.1, 0.15) is 0 Å². The van der Waals surface area contributed by atoms with Crippen LogP contribution in [0, 0.1) is 5.92 Å². The zero-order valence-corrected chi connectivity index (χ0v) is 8.94. The molecule has 1 amide bonds. The molecule has 1 aliphatic heterocycles. The molecule has 1 fully saturated rings. The molecular formula is C9H12N6O. The Balaban J connectivity index is 2.07.